The van der Waals surface area contributed by atoms with E-state index in [0.29, 0.717) is 38.3 Å². The second kappa shape index (κ2) is 8.87. The largest absolute Gasteiger partial charge is 0.492 e. The quantitative estimate of drug-likeness (QED) is 0.779. The average Bonchev–Trinajstić information content (AvgIpc) is 2.61. The van der Waals surface area contributed by atoms with Gasteiger partial charge in [0, 0.05) is 19.6 Å². The Labute approximate surface area is 154 Å². The molecule has 0 aliphatic carbocycles. The Morgan fingerprint density at radius 2 is 2.16 bits per heavy atom. The van der Waals surface area contributed by atoms with E-state index in [1.54, 1.807) is 6.07 Å². The average molecular weight is 389 g/mol. The molecule has 0 aromatic heterocycles. The van der Waals surface area contributed by atoms with Crippen molar-refractivity contribution in [3.8, 4) is 5.75 Å². The van der Waals surface area contributed by atoms with Gasteiger partial charge in [0.1, 0.15) is 5.75 Å². The second-order valence-electron chi connectivity index (χ2n) is 6.02. The van der Waals surface area contributed by atoms with E-state index in [1.165, 1.54) is 16.4 Å². The summed E-state index contributed by atoms with van der Waals surface area (Å²) < 4.78 is 32.5. The summed E-state index contributed by atoms with van der Waals surface area (Å²) in [7, 11) is -3.69. The number of halogens is 1. The molecule has 0 spiro atoms. The molecule has 8 heteroatoms. The molecule has 1 saturated heterocycles. The summed E-state index contributed by atoms with van der Waals surface area (Å²) in [5.41, 5.74) is 0. The van der Waals surface area contributed by atoms with E-state index in [4.69, 9.17) is 16.3 Å². The second-order valence-corrected chi connectivity index (χ2v) is 8.36. The van der Waals surface area contributed by atoms with Crippen LogP contribution >= 0.6 is 11.6 Å². The van der Waals surface area contributed by atoms with Crippen LogP contribution in [-0.2, 0) is 14.8 Å². The Morgan fingerprint density at radius 3 is 2.80 bits per heavy atom. The van der Waals surface area contributed by atoms with Crippen LogP contribution in [0, 0.1) is 5.92 Å². The maximum atomic E-state index is 12.9. The number of carbonyl (C=O) groups is 1. The third-order valence-corrected chi connectivity index (χ3v) is 6.30. The molecule has 1 amide bonds. The molecule has 25 heavy (non-hydrogen) atoms. The van der Waals surface area contributed by atoms with Crippen LogP contribution in [0.3, 0.4) is 0 Å². The number of ether oxygens (including phenoxy) is 1. The minimum Gasteiger partial charge on any atom is -0.492 e. The van der Waals surface area contributed by atoms with Crippen molar-refractivity contribution in [1.82, 2.24) is 9.62 Å². The van der Waals surface area contributed by atoms with Crippen molar-refractivity contribution in [2.24, 2.45) is 5.92 Å². The summed E-state index contributed by atoms with van der Waals surface area (Å²) in [5.74, 6) is 0.0679. The lowest BCUT2D eigenvalue weighted by molar-refractivity contribution is -0.126. The molecule has 1 aliphatic heterocycles. The fourth-order valence-corrected chi connectivity index (χ4v) is 4.68. The first-order chi connectivity index (χ1) is 11.9. The lowest BCUT2D eigenvalue weighted by atomic mass is 9.99. The highest BCUT2D eigenvalue weighted by Crippen LogP contribution is 2.30. The van der Waals surface area contributed by atoms with Crippen molar-refractivity contribution in [1.29, 1.82) is 0 Å². The number of nitrogens with zero attached hydrogens (tertiary/aromatic N) is 1. The normalized spacial score (nSPS) is 18.8. The lowest BCUT2D eigenvalue weighted by Gasteiger charge is -2.31. The van der Waals surface area contributed by atoms with Crippen LogP contribution in [0.4, 0.5) is 0 Å². The highest BCUT2D eigenvalue weighted by molar-refractivity contribution is 7.89. The molecule has 1 aromatic carbocycles. The zero-order valence-electron chi connectivity index (χ0n) is 14.6. The van der Waals surface area contributed by atoms with Crippen LogP contribution in [0.2, 0.25) is 5.02 Å². The maximum Gasteiger partial charge on any atom is 0.243 e. The number of hydrogen-bond acceptors (Lipinski definition) is 4. The Hall–Kier alpha value is -1.31. The van der Waals surface area contributed by atoms with Gasteiger partial charge in [-0.05, 0) is 44.4 Å². The van der Waals surface area contributed by atoms with Gasteiger partial charge >= 0.3 is 0 Å². The van der Waals surface area contributed by atoms with Crippen LogP contribution in [0.1, 0.15) is 33.1 Å². The van der Waals surface area contributed by atoms with Crippen molar-refractivity contribution >= 4 is 27.5 Å². The van der Waals surface area contributed by atoms with Crippen LogP contribution in [-0.4, -0.2) is 44.9 Å². The van der Waals surface area contributed by atoms with Gasteiger partial charge in [-0.3, -0.25) is 4.79 Å². The van der Waals surface area contributed by atoms with Crippen molar-refractivity contribution < 1.29 is 17.9 Å². The Kier molecular flexibility index (Phi) is 7.10. The molecule has 1 aliphatic rings. The number of amides is 1. The molecule has 6 nitrogen and oxygen atoms in total. The standard InChI is InChI=1S/C17H25ClN2O4S/c1-3-9-19-17(21)13-6-5-10-20(12-13)25(22,23)14-7-8-16(24-4-2)15(18)11-14/h7-8,11,13H,3-6,9-10,12H2,1-2H3,(H,19,21)/t13-/m1/s1. The Morgan fingerprint density at radius 1 is 1.40 bits per heavy atom. The molecule has 2 rings (SSSR count). The van der Waals surface area contributed by atoms with Gasteiger partial charge in [0.2, 0.25) is 15.9 Å². The van der Waals surface area contributed by atoms with Crippen molar-refractivity contribution in [3.63, 3.8) is 0 Å². The SMILES string of the molecule is CCCNC(=O)[C@@H]1CCCN(S(=O)(=O)c2ccc(OCC)c(Cl)c2)C1. The summed E-state index contributed by atoms with van der Waals surface area (Å²) >= 11 is 6.12. The van der Waals surface area contributed by atoms with Crippen molar-refractivity contribution in [3.05, 3.63) is 23.2 Å². The molecule has 0 saturated carbocycles. The van der Waals surface area contributed by atoms with Crippen molar-refractivity contribution in [2.45, 2.75) is 38.0 Å². The number of piperidine rings is 1. The first kappa shape index (κ1) is 20.0. The van der Waals surface area contributed by atoms with E-state index in [0.717, 1.165) is 6.42 Å². The number of carbonyl (C=O) groups excluding carboxylic acids is 1. The molecule has 1 atom stereocenters. The van der Waals surface area contributed by atoms with E-state index in [2.05, 4.69) is 5.32 Å². The topological polar surface area (TPSA) is 75.7 Å². The zero-order chi connectivity index (χ0) is 18.4. The molecule has 1 fully saturated rings. The van der Waals surface area contributed by atoms with Gasteiger partial charge in [-0.25, -0.2) is 8.42 Å². The lowest BCUT2D eigenvalue weighted by Crippen LogP contribution is -2.45. The Bertz CT molecular complexity index is 709. The zero-order valence-corrected chi connectivity index (χ0v) is 16.2. The number of nitrogens with one attached hydrogen (secondary N) is 1. The monoisotopic (exact) mass is 388 g/mol. The summed E-state index contributed by atoms with van der Waals surface area (Å²) in [6.07, 6.45) is 2.21. The minimum atomic E-state index is -3.69. The van der Waals surface area contributed by atoms with Crippen LogP contribution in [0.5, 0.6) is 5.75 Å². The van der Waals surface area contributed by atoms with E-state index < -0.39 is 10.0 Å². The van der Waals surface area contributed by atoms with Crippen LogP contribution in [0.15, 0.2) is 23.1 Å². The molecule has 1 N–H and O–H groups in total. The summed E-state index contributed by atoms with van der Waals surface area (Å²) in [6.45, 7) is 5.47. The van der Waals surface area contributed by atoms with Gasteiger partial charge in [-0.2, -0.15) is 4.31 Å². The van der Waals surface area contributed by atoms with Gasteiger partial charge in [0.05, 0.1) is 22.4 Å². The number of rotatable bonds is 7. The number of benzene rings is 1. The molecule has 1 aromatic rings. The maximum absolute atomic E-state index is 12.9. The van der Waals surface area contributed by atoms with Gasteiger partial charge in [0.15, 0.2) is 0 Å². The summed E-state index contributed by atoms with van der Waals surface area (Å²) in [5, 5.41) is 3.11. The van der Waals surface area contributed by atoms with E-state index in [-0.39, 0.29) is 28.3 Å². The van der Waals surface area contributed by atoms with Crippen molar-refractivity contribution in [2.75, 3.05) is 26.2 Å². The third kappa shape index (κ3) is 4.86. The van der Waals surface area contributed by atoms with E-state index in [9.17, 15) is 13.2 Å². The fraction of sp³-hybridized carbons (Fsp3) is 0.588. The van der Waals surface area contributed by atoms with Gasteiger partial charge in [-0.1, -0.05) is 18.5 Å². The molecular formula is C17H25ClN2O4S. The Balaban J connectivity index is 2.15. The molecule has 1 heterocycles. The number of sulfonamides is 1. The van der Waals surface area contributed by atoms with E-state index >= 15 is 0 Å². The smallest absolute Gasteiger partial charge is 0.243 e. The van der Waals surface area contributed by atoms with Crippen LogP contribution in [0.25, 0.3) is 0 Å². The first-order valence-electron chi connectivity index (χ1n) is 8.60. The fourth-order valence-electron chi connectivity index (χ4n) is 2.83. The summed E-state index contributed by atoms with van der Waals surface area (Å²) in [6, 6.07) is 4.46. The van der Waals surface area contributed by atoms with Crippen LogP contribution < -0.4 is 10.1 Å². The van der Waals surface area contributed by atoms with Gasteiger partial charge in [0.25, 0.3) is 0 Å². The van der Waals surface area contributed by atoms with Gasteiger partial charge < -0.3 is 10.1 Å². The third-order valence-electron chi connectivity index (χ3n) is 4.15. The first-order valence-corrected chi connectivity index (χ1v) is 10.4. The molecule has 0 radical (unpaired) electrons. The summed E-state index contributed by atoms with van der Waals surface area (Å²) in [4.78, 5) is 12.3. The predicted octanol–water partition coefficient (Wildman–Crippen LogP) is 2.67. The molecule has 0 unspecified atom stereocenters. The van der Waals surface area contributed by atoms with Gasteiger partial charge in [-0.15, -0.1) is 0 Å². The predicted molar refractivity (Wildman–Crippen MR) is 97.4 cm³/mol. The van der Waals surface area contributed by atoms with E-state index in [1.807, 2.05) is 13.8 Å². The number of hydrogen-bond donors (Lipinski definition) is 1. The highest BCUT2D eigenvalue weighted by Gasteiger charge is 2.33. The molecular weight excluding hydrogens is 364 g/mol. The minimum absolute atomic E-state index is 0.0773. The molecule has 0 bridgehead atoms. The molecule has 140 valence electrons. The highest BCUT2D eigenvalue weighted by atomic mass is 35.5.